The van der Waals surface area contributed by atoms with Gasteiger partial charge in [-0.3, -0.25) is 9.69 Å². The third-order valence-corrected chi connectivity index (χ3v) is 7.23. The van der Waals surface area contributed by atoms with Crippen LogP contribution >= 0.6 is 11.8 Å². The van der Waals surface area contributed by atoms with Crippen LogP contribution in [0.4, 0.5) is 5.69 Å². The Morgan fingerprint density at radius 1 is 0.971 bits per heavy atom. The highest BCUT2D eigenvalue weighted by atomic mass is 32.2. The summed E-state index contributed by atoms with van der Waals surface area (Å²) in [6.45, 7) is 2.37. The molecule has 0 N–H and O–H groups in total. The Morgan fingerprint density at radius 3 is 2.29 bits per heavy atom. The molecule has 2 aliphatic rings. The Kier molecular flexibility index (Phi) is 6.80. The summed E-state index contributed by atoms with van der Waals surface area (Å²) in [5.74, 6) is 2.42. The van der Waals surface area contributed by atoms with Crippen molar-refractivity contribution in [1.29, 1.82) is 5.26 Å². The average molecular weight is 482 g/mol. The van der Waals surface area contributed by atoms with Crippen molar-refractivity contribution in [1.82, 2.24) is 4.90 Å². The number of carbonyl (C=O) groups is 1. The monoisotopic (exact) mass is 481 g/mol. The highest BCUT2D eigenvalue weighted by Gasteiger charge is 2.40. The van der Waals surface area contributed by atoms with Crippen LogP contribution in [0.5, 0.6) is 23.0 Å². The van der Waals surface area contributed by atoms with Crippen LogP contribution < -0.4 is 23.8 Å². The fourth-order valence-corrected chi connectivity index (χ4v) is 5.51. The van der Waals surface area contributed by atoms with Crippen LogP contribution in [-0.2, 0) is 4.79 Å². The van der Waals surface area contributed by atoms with Gasteiger partial charge in [0.15, 0.2) is 11.5 Å². The summed E-state index contributed by atoms with van der Waals surface area (Å²) in [7, 11) is 6.30. The minimum Gasteiger partial charge on any atom is -0.496 e. The molecule has 0 unspecified atom stereocenters. The summed E-state index contributed by atoms with van der Waals surface area (Å²) >= 11 is 1.48. The number of thioether (sulfide) groups is 1. The Balaban J connectivity index is 1.73. The zero-order valence-corrected chi connectivity index (χ0v) is 20.7. The minimum atomic E-state index is -0.439. The van der Waals surface area contributed by atoms with Crippen LogP contribution in [0.1, 0.15) is 23.5 Å². The number of nitriles is 1. The van der Waals surface area contributed by atoms with E-state index >= 15 is 0 Å². The lowest BCUT2D eigenvalue weighted by Gasteiger charge is -2.42. The number of nitrogens with zero attached hydrogens (tertiary/aromatic N) is 3. The molecular formula is C25H27N3O5S. The molecule has 2 aromatic carbocycles. The van der Waals surface area contributed by atoms with Gasteiger partial charge in [0.1, 0.15) is 11.5 Å². The van der Waals surface area contributed by atoms with Crippen LogP contribution in [0.2, 0.25) is 0 Å². The van der Waals surface area contributed by atoms with Gasteiger partial charge in [-0.25, -0.2) is 0 Å². The van der Waals surface area contributed by atoms with Gasteiger partial charge in [0, 0.05) is 24.0 Å². The van der Waals surface area contributed by atoms with E-state index < -0.39 is 5.92 Å². The van der Waals surface area contributed by atoms with E-state index in [2.05, 4.69) is 11.0 Å². The second kappa shape index (κ2) is 9.77. The molecule has 9 heteroatoms. The van der Waals surface area contributed by atoms with Crippen molar-refractivity contribution in [2.45, 2.75) is 19.3 Å². The van der Waals surface area contributed by atoms with E-state index in [-0.39, 0.29) is 12.3 Å². The predicted molar refractivity (Wildman–Crippen MR) is 130 cm³/mol. The summed E-state index contributed by atoms with van der Waals surface area (Å²) in [5.41, 5.74) is 3.29. The smallest absolute Gasteiger partial charge is 0.229 e. The molecule has 8 nitrogen and oxygen atoms in total. The van der Waals surface area contributed by atoms with E-state index in [1.54, 1.807) is 45.5 Å². The normalized spacial score (nSPS) is 17.8. The molecule has 1 fully saturated rings. The SMILES string of the molecule is COc1cc(OC)c([C@H]2CC(=O)N3CN(c4cc(C)ccc4OC)CSC3=C2C#N)cc1OC. The summed E-state index contributed by atoms with van der Waals surface area (Å²) in [6, 6.07) is 11.9. The van der Waals surface area contributed by atoms with E-state index in [9.17, 15) is 10.1 Å². The van der Waals surface area contributed by atoms with E-state index in [0.717, 1.165) is 22.6 Å². The van der Waals surface area contributed by atoms with Crippen molar-refractivity contribution in [2.24, 2.45) is 0 Å². The second-order valence-corrected chi connectivity index (χ2v) is 8.92. The Labute approximate surface area is 203 Å². The van der Waals surface area contributed by atoms with Gasteiger partial charge in [0.2, 0.25) is 5.91 Å². The first-order chi connectivity index (χ1) is 16.4. The van der Waals surface area contributed by atoms with Crippen molar-refractivity contribution in [2.75, 3.05) is 45.9 Å². The Morgan fingerprint density at radius 2 is 1.65 bits per heavy atom. The summed E-state index contributed by atoms with van der Waals surface area (Å²) in [5, 5.41) is 10.8. The van der Waals surface area contributed by atoms with E-state index in [1.165, 1.54) is 11.8 Å². The number of ether oxygens (including phenoxy) is 4. The van der Waals surface area contributed by atoms with Crippen molar-refractivity contribution >= 4 is 23.4 Å². The van der Waals surface area contributed by atoms with Crippen molar-refractivity contribution in [3.8, 4) is 29.1 Å². The number of hydrogen-bond acceptors (Lipinski definition) is 8. The van der Waals surface area contributed by atoms with Gasteiger partial charge >= 0.3 is 0 Å². The molecular weight excluding hydrogens is 454 g/mol. The lowest BCUT2D eigenvalue weighted by molar-refractivity contribution is -0.129. The zero-order valence-electron chi connectivity index (χ0n) is 19.9. The largest absolute Gasteiger partial charge is 0.496 e. The lowest BCUT2D eigenvalue weighted by Crippen LogP contribution is -2.47. The van der Waals surface area contributed by atoms with Gasteiger partial charge in [0.25, 0.3) is 0 Å². The highest BCUT2D eigenvalue weighted by Crippen LogP contribution is 2.48. The van der Waals surface area contributed by atoms with E-state index in [0.29, 0.717) is 40.4 Å². The molecule has 0 aliphatic carbocycles. The third-order valence-electron chi connectivity index (χ3n) is 6.08. The summed E-state index contributed by atoms with van der Waals surface area (Å²) < 4.78 is 22.0. The second-order valence-electron chi connectivity index (χ2n) is 7.99. The van der Waals surface area contributed by atoms with Gasteiger partial charge in [-0.1, -0.05) is 17.8 Å². The first kappa shape index (κ1) is 23.6. The number of fused-ring (bicyclic) bond motifs is 1. The number of benzene rings is 2. The van der Waals surface area contributed by atoms with Crippen molar-refractivity contribution in [3.05, 3.63) is 52.1 Å². The molecule has 1 atom stereocenters. The van der Waals surface area contributed by atoms with Gasteiger partial charge < -0.3 is 23.8 Å². The van der Waals surface area contributed by atoms with E-state index in [1.807, 2.05) is 25.1 Å². The number of hydrogen-bond donors (Lipinski definition) is 0. The lowest BCUT2D eigenvalue weighted by atomic mass is 9.85. The average Bonchev–Trinajstić information content (AvgIpc) is 2.87. The maximum atomic E-state index is 13.4. The van der Waals surface area contributed by atoms with Gasteiger partial charge in [0.05, 0.1) is 63.3 Å². The molecule has 4 rings (SSSR count). The molecule has 2 aromatic rings. The van der Waals surface area contributed by atoms with Crippen LogP contribution in [0.15, 0.2) is 40.9 Å². The first-order valence-corrected chi connectivity index (χ1v) is 11.7. The molecule has 2 aliphatic heterocycles. The van der Waals surface area contributed by atoms with E-state index in [4.69, 9.17) is 18.9 Å². The van der Waals surface area contributed by atoms with Gasteiger partial charge in [-0.2, -0.15) is 5.26 Å². The number of allylic oxidation sites excluding steroid dienone is 1. The molecule has 0 radical (unpaired) electrons. The number of rotatable bonds is 6. The number of aryl methyl sites for hydroxylation is 1. The Hall–Kier alpha value is -3.51. The number of amides is 1. The molecule has 178 valence electrons. The van der Waals surface area contributed by atoms with Crippen LogP contribution in [0.3, 0.4) is 0 Å². The van der Waals surface area contributed by atoms with Crippen molar-refractivity contribution < 1.29 is 23.7 Å². The molecule has 34 heavy (non-hydrogen) atoms. The summed E-state index contributed by atoms with van der Waals surface area (Å²) in [4.78, 5) is 17.1. The maximum Gasteiger partial charge on any atom is 0.229 e. The first-order valence-electron chi connectivity index (χ1n) is 10.7. The maximum absolute atomic E-state index is 13.4. The van der Waals surface area contributed by atoms with Crippen LogP contribution in [-0.4, -0.2) is 51.8 Å². The summed E-state index contributed by atoms with van der Waals surface area (Å²) in [6.07, 6.45) is 0.150. The Bertz CT molecular complexity index is 1190. The fraction of sp³-hybridized carbons (Fsp3) is 0.360. The highest BCUT2D eigenvalue weighted by molar-refractivity contribution is 8.03. The zero-order chi connectivity index (χ0) is 24.4. The van der Waals surface area contributed by atoms with Crippen LogP contribution in [0, 0.1) is 18.3 Å². The molecule has 0 bridgehead atoms. The topological polar surface area (TPSA) is 84.3 Å². The van der Waals surface area contributed by atoms with Crippen LogP contribution in [0.25, 0.3) is 0 Å². The number of anilines is 1. The number of carbonyl (C=O) groups excluding carboxylic acids is 1. The van der Waals surface area contributed by atoms with Gasteiger partial charge in [-0.05, 0) is 30.7 Å². The molecule has 0 saturated carbocycles. The minimum absolute atomic E-state index is 0.0559. The standard InChI is InChI=1S/C25H27N3O5S/c1-15-6-7-20(30-2)19(8-15)27-13-28-24(29)10-16(18(12-26)25(28)34-14-27)17-9-22(32-4)23(33-5)11-21(17)31-3/h6-9,11,16H,10,13-14H2,1-5H3/t16-/m1/s1. The molecule has 2 heterocycles. The van der Waals surface area contributed by atoms with Gasteiger partial charge in [-0.15, -0.1) is 0 Å². The molecule has 1 saturated heterocycles. The quantitative estimate of drug-likeness (QED) is 0.606. The molecule has 1 amide bonds. The predicted octanol–water partition coefficient (Wildman–Crippen LogP) is 4.25. The molecule has 0 aromatic heterocycles. The fourth-order valence-electron chi connectivity index (χ4n) is 4.35. The van der Waals surface area contributed by atoms with Crippen molar-refractivity contribution in [3.63, 3.8) is 0 Å². The molecule has 0 spiro atoms. The number of methoxy groups -OCH3 is 4. The third kappa shape index (κ3) is 4.10.